The molecule has 6 heavy (non-hydrogen) atoms. The molecular formula is C3H5NO2. The summed E-state index contributed by atoms with van der Waals surface area (Å²) in [6.45, 7) is 0. The monoisotopic (exact) mass is 87.0 g/mol. The Morgan fingerprint density at radius 1 is 1.67 bits per heavy atom. The van der Waals surface area contributed by atoms with Gasteiger partial charge in [0, 0.05) is 17.8 Å². The second kappa shape index (κ2) is 0.929. The lowest BCUT2D eigenvalue weighted by Gasteiger charge is -1.77. The van der Waals surface area contributed by atoms with Crippen molar-refractivity contribution in [1.82, 2.24) is 0 Å². The van der Waals surface area contributed by atoms with Gasteiger partial charge in [0.15, 0.2) is 0 Å². The zero-order chi connectivity index (χ0) is 4.57. The van der Waals surface area contributed by atoms with E-state index in [2.05, 4.69) is 0 Å². The highest BCUT2D eigenvalue weighted by Crippen LogP contribution is 2.21. The van der Waals surface area contributed by atoms with Gasteiger partial charge in [-0.1, -0.05) is 0 Å². The average molecular weight is 87.1 g/mol. The lowest BCUT2D eigenvalue weighted by Crippen LogP contribution is -1.97. The van der Waals surface area contributed by atoms with Crippen LogP contribution in [0.2, 0.25) is 0 Å². The lowest BCUT2D eigenvalue weighted by atomic mass is 10.8. The summed E-state index contributed by atoms with van der Waals surface area (Å²) in [6, 6.07) is -0.176. The first-order valence-corrected chi connectivity index (χ1v) is 1.94. The van der Waals surface area contributed by atoms with E-state index in [4.69, 9.17) is 0 Å². The molecule has 0 aliphatic heterocycles. The van der Waals surface area contributed by atoms with Crippen molar-refractivity contribution in [2.45, 2.75) is 18.9 Å². The van der Waals surface area contributed by atoms with Gasteiger partial charge in [-0.05, 0) is 0 Å². The second-order valence-corrected chi connectivity index (χ2v) is 1.52. The maximum absolute atomic E-state index is 9.57. The molecule has 0 aromatic heterocycles. The van der Waals surface area contributed by atoms with Crippen LogP contribution in [-0.4, -0.2) is 11.0 Å². The summed E-state index contributed by atoms with van der Waals surface area (Å²) < 4.78 is 0. The fourth-order valence-electron chi connectivity index (χ4n) is 0.285. The number of nitrogens with zero attached hydrogens (tertiary/aromatic N) is 1. The Labute approximate surface area is 35.1 Å². The molecule has 1 fully saturated rings. The van der Waals surface area contributed by atoms with Crippen LogP contribution in [0.3, 0.4) is 0 Å². The van der Waals surface area contributed by atoms with Crippen LogP contribution in [0.4, 0.5) is 0 Å². The third-order valence-electron chi connectivity index (χ3n) is 0.845. The molecule has 1 rings (SSSR count). The van der Waals surface area contributed by atoms with Crippen LogP contribution in [-0.2, 0) is 0 Å². The predicted molar refractivity (Wildman–Crippen MR) is 20.0 cm³/mol. The Hall–Kier alpha value is -0.600. The molecule has 3 heteroatoms. The van der Waals surface area contributed by atoms with Crippen molar-refractivity contribution in [3.05, 3.63) is 10.1 Å². The number of hydrogen-bond donors (Lipinski definition) is 0. The normalized spacial score (nSPS) is 20.7. The van der Waals surface area contributed by atoms with Crippen molar-refractivity contribution in [2.24, 2.45) is 0 Å². The molecule has 0 atom stereocenters. The predicted octanol–water partition coefficient (Wildman–Crippen LogP) is 0.425. The highest BCUT2D eigenvalue weighted by molar-refractivity contribution is 4.70. The number of nitro groups is 1. The van der Waals surface area contributed by atoms with Crippen LogP contribution in [0.1, 0.15) is 12.8 Å². The first-order valence-electron chi connectivity index (χ1n) is 1.94. The standard InChI is InChI=1S/C3H5NO2/c5-4(6)3-1-2-3/h3H,1-2H2. The van der Waals surface area contributed by atoms with Gasteiger partial charge in [-0.15, -0.1) is 0 Å². The fourth-order valence-corrected chi connectivity index (χ4v) is 0.285. The minimum Gasteiger partial charge on any atom is -0.264 e. The minimum absolute atomic E-state index is 0.176. The number of hydrogen-bond acceptors (Lipinski definition) is 2. The zero-order valence-electron chi connectivity index (χ0n) is 3.26. The van der Waals surface area contributed by atoms with E-state index in [-0.39, 0.29) is 11.0 Å². The van der Waals surface area contributed by atoms with Crippen molar-refractivity contribution >= 4 is 0 Å². The molecule has 3 nitrogen and oxygen atoms in total. The van der Waals surface area contributed by atoms with Crippen LogP contribution < -0.4 is 0 Å². The van der Waals surface area contributed by atoms with Gasteiger partial charge < -0.3 is 0 Å². The van der Waals surface area contributed by atoms with Crippen LogP contribution in [0.25, 0.3) is 0 Å². The third-order valence-corrected chi connectivity index (χ3v) is 0.845. The van der Waals surface area contributed by atoms with Crippen LogP contribution in [0.15, 0.2) is 0 Å². The molecule has 0 amide bonds. The molecule has 0 heterocycles. The molecule has 34 valence electrons. The maximum Gasteiger partial charge on any atom is 0.213 e. The zero-order valence-corrected chi connectivity index (χ0v) is 3.26. The maximum atomic E-state index is 9.57. The fraction of sp³-hybridized carbons (Fsp3) is 1.00. The molecule has 0 bridgehead atoms. The summed E-state index contributed by atoms with van der Waals surface area (Å²) >= 11 is 0. The van der Waals surface area contributed by atoms with E-state index in [1.54, 1.807) is 0 Å². The molecule has 0 saturated heterocycles. The molecule has 0 radical (unpaired) electrons. The first-order chi connectivity index (χ1) is 2.80. The molecular weight excluding hydrogens is 82.0 g/mol. The summed E-state index contributed by atoms with van der Waals surface area (Å²) in [5, 5.41) is 9.57. The lowest BCUT2D eigenvalue weighted by molar-refractivity contribution is -0.494. The SMILES string of the molecule is O=[N+]([O-])C1CC1. The van der Waals surface area contributed by atoms with Gasteiger partial charge in [0.25, 0.3) is 0 Å². The van der Waals surface area contributed by atoms with E-state index in [0.29, 0.717) is 0 Å². The summed E-state index contributed by atoms with van der Waals surface area (Å²) in [4.78, 5) is 9.34. The third kappa shape index (κ3) is 0.478. The van der Waals surface area contributed by atoms with Gasteiger partial charge in [-0.3, -0.25) is 10.1 Å². The van der Waals surface area contributed by atoms with E-state index in [9.17, 15) is 10.1 Å². The Balaban J connectivity index is 2.31. The summed E-state index contributed by atoms with van der Waals surface area (Å²) in [7, 11) is 0. The highest BCUT2D eigenvalue weighted by atomic mass is 16.6. The van der Waals surface area contributed by atoms with Gasteiger partial charge in [0.2, 0.25) is 6.04 Å². The van der Waals surface area contributed by atoms with Crippen molar-refractivity contribution in [2.75, 3.05) is 0 Å². The Kier molecular flexibility index (Phi) is 0.555. The molecule has 1 aliphatic carbocycles. The van der Waals surface area contributed by atoms with Crippen molar-refractivity contribution < 1.29 is 4.92 Å². The molecule has 0 N–H and O–H groups in total. The quantitative estimate of drug-likeness (QED) is 0.343. The van der Waals surface area contributed by atoms with Crippen LogP contribution in [0.5, 0.6) is 0 Å². The van der Waals surface area contributed by atoms with Gasteiger partial charge in [-0.2, -0.15) is 0 Å². The van der Waals surface area contributed by atoms with Crippen LogP contribution >= 0.6 is 0 Å². The Bertz CT molecular complexity index is 76.9. The van der Waals surface area contributed by atoms with Crippen LogP contribution in [0, 0.1) is 10.1 Å². The van der Waals surface area contributed by atoms with Crippen molar-refractivity contribution in [3.8, 4) is 0 Å². The largest absolute Gasteiger partial charge is 0.264 e. The molecule has 0 spiro atoms. The van der Waals surface area contributed by atoms with Crippen molar-refractivity contribution in [1.29, 1.82) is 0 Å². The second-order valence-electron chi connectivity index (χ2n) is 1.52. The molecule has 0 aromatic rings. The topological polar surface area (TPSA) is 43.1 Å². The van der Waals surface area contributed by atoms with E-state index >= 15 is 0 Å². The number of rotatable bonds is 1. The molecule has 1 saturated carbocycles. The van der Waals surface area contributed by atoms with Gasteiger partial charge in [0.1, 0.15) is 0 Å². The van der Waals surface area contributed by atoms with E-state index < -0.39 is 0 Å². The van der Waals surface area contributed by atoms with E-state index in [1.165, 1.54) is 0 Å². The average Bonchev–Trinajstić information content (AvgIpc) is 2.06. The molecule has 0 aromatic carbocycles. The van der Waals surface area contributed by atoms with Gasteiger partial charge in [0.05, 0.1) is 0 Å². The smallest absolute Gasteiger partial charge is 0.213 e. The van der Waals surface area contributed by atoms with Gasteiger partial charge in [-0.25, -0.2) is 0 Å². The minimum atomic E-state index is -0.222. The summed E-state index contributed by atoms with van der Waals surface area (Å²) in [5.74, 6) is 0. The van der Waals surface area contributed by atoms with Gasteiger partial charge >= 0.3 is 0 Å². The Morgan fingerprint density at radius 3 is 2.17 bits per heavy atom. The Morgan fingerprint density at radius 2 is 2.17 bits per heavy atom. The van der Waals surface area contributed by atoms with E-state index in [0.717, 1.165) is 12.8 Å². The summed E-state index contributed by atoms with van der Waals surface area (Å²) in [6.07, 6.45) is 1.60. The van der Waals surface area contributed by atoms with E-state index in [1.807, 2.05) is 0 Å². The highest BCUT2D eigenvalue weighted by Gasteiger charge is 2.33. The molecule has 1 aliphatic rings. The first kappa shape index (κ1) is 3.59. The van der Waals surface area contributed by atoms with Crippen molar-refractivity contribution in [3.63, 3.8) is 0 Å². The summed E-state index contributed by atoms with van der Waals surface area (Å²) in [5.41, 5.74) is 0. The molecule has 0 unspecified atom stereocenters.